The molecule has 33 heavy (non-hydrogen) atoms. The summed E-state index contributed by atoms with van der Waals surface area (Å²) >= 11 is 0. The minimum atomic E-state index is -0.382. The van der Waals surface area contributed by atoms with E-state index in [4.69, 9.17) is 4.98 Å². The fourth-order valence-corrected chi connectivity index (χ4v) is 4.04. The van der Waals surface area contributed by atoms with Crippen molar-refractivity contribution in [3.63, 3.8) is 0 Å². The first kappa shape index (κ1) is 18.9. The largest absolute Gasteiger partial charge is 0.355 e. The number of nitrogens with zero attached hydrogens (tertiary/aromatic N) is 3. The molecule has 5 heterocycles. The standard InChI is InChI=1S/C26H17N5O2/c32-31(33)24-3-1-2-16(10-24)25-14-23-13-21-7-6-19(28-21)11-17-4-5-18(27-17)12-20-8-9-22(29-20)15-26(25)30-23/h1-15,27,30H. The van der Waals surface area contributed by atoms with Crippen LogP contribution in [0.4, 0.5) is 5.69 Å². The number of fused-ring (bicyclic) bond motifs is 8. The van der Waals surface area contributed by atoms with E-state index in [1.165, 1.54) is 6.07 Å². The maximum Gasteiger partial charge on any atom is 0.270 e. The van der Waals surface area contributed by atoms with Crippen molar-refractivity contribution in [2.75, 3.05) is 0 Å². The van der Waals surface area contributed by atoms with Crippen LogP contribution in [0.5, 0.6) is 0 Å². The molecule has 0 saturated heterocycles. The molecule has 3 aromatic heterocycles. The quantitative estimate of drug-likeness (QED) is 0.251. The van der Waals surface area contributed by atoms with Crippen molar-refractivity contribution in [1.29, 1.82) is 0 Å². The first-order valence-corrected chi connectivity index (χ1v) is 10.4. The normalized spacial score (nSPS) is 12.2. The summed E-state index contributed by atoms with van der Waals surface area (Å²) in [6.07, 6.45) is 7.84. The number of non-ortho nitro benzene ring substituents is 1. The van der Waals surface area contributed by atoms with E-state index in [0.717, 1.165) is 56.0 Å². The molecule has 6 rings (SSSR count). The molecule has 0 fully saturated rings. The van der Waals surface area contributed by atoms with Crippen molar-refractivity contribution >= 4 is 52.1 Å². The number of nitro groups is 1. The van der Waals surface area contributed by atoms with Crippen molar-refractivity contribution < 1.29 is 4.92 Å². The molecule has 0 unspecified atom stereocenters. The molecule has 8 bridgehead atoms. The Hall–Kier alpha value is -4.78. The molecule has 0 atom stereocenters. The van der Waals surface area contributed by atoms with Gasteiger partial charge in [0.15, 0.2) is 0 Å². The number of rotatable bonds is 2. The maximum atomic E-state index is 11.3. The zero-order valence-electron chi connectivity index (χ0n) is 17.3. The van der Waals surface area contributed by atoms with Gasteiger partial charge >= 0.3 is 0 Å². The number of hydrogen-bond donors (Lipinski definition) is 2. The number of aromatic nitrogens is 4. The van der Waals surface area contributed by atoms with E-state index in [1.807, 2.05) is 72.8 Å². The molecular weight excluding hydrogens is 414 g/mol. The number of benzene rings is 1. The van der Waals surface area contributed by atoms with Crippen LogP contribution < -0.4 is 0 Å². The molecule has 0 aliphatic carbocycles. The molecule has 0 amide bonds. The summed E-state index contributed by atoms with van der Waals surface area (Å²) in [4.78, 5) is 27.1. The lowest BCUT2D eigenvalue weighted by Gasteiger charge is -1.99. The molecule has 7 heteroatoms. The molecular formula is C26H17N5O2. The molecule has 0 spiro atoms. The van der Waals surface area contributed by atoms with E-state index in [0.29, 0.717) is 0 Å². The first-order chi connectivity index (χ1) is 16.1. The Morgan fingerprint density at radius 2 is 1.27 bits per heavy atom. The second kappa shape index (κ2) is 7.42. The van der Waals surface area contributed by atoms with Crippen LogP contribution in [0.3, 0.4) is 0 Å². The summed E-state index contributed by atoms with van der Waals surface area (Å²) in [5.41, 5.74) is 8.55. The molecule has 158 valence electrons. The Kier molecular flexibility index (Phi) is 4.26. The third kappa shape index (κ3) is 3.72. The van der Waals surface area contributed by atoms with Gasteiger partial charge in [0.05, 0.1) is 27.7 Å². The van der Waals surface area contributed by atoms with Gasteiger partial charge in [-0.2, -0.15) is 0 Å². The Balaban J connectivity index is 1.65. The number of H-pyrrole nitrogens is 2. The average Bonchev–Trinajstić information content (AvgIpc) is 3.59. The van der Waals surface area contributed by atoms with Gasteiger partial charge in [0, 0.05) is 39.8 Å². The van der Waals surface area contributed by atoms with Gasteiger partial charge in [-0.05, 0) is 72.3 Å². The van der Waals surface area contributed by atoms with Gasteiger partial charge in [-0.25, -0.2) is 9.97 Å². The third-order valence-corrected chi connectivity index (χ3v) is 5.54. The number of nitro benzene ring substituents is 1. The van der Waals surface area contributed by atoms with Gasteiger partial charge in [-0.3, -0.25) is 10.1 Å². The van der Waals surface area contributed by atoms with E-state index < -0.39 is 0 Å². The molecule has 0 radical (unpaired) electrons. The minimum Gasteiger partial charge on any atom is -0.355 e. The second-order valence-electron chi connectivity index (χ2n) is 7.90. The summed E-state index contributed by atoms with van der Waals surface area (Å²) in [7, 11) is 0. The second-order valence-corrected chi connectivity index (χ2v) is 7.90. The molecule has 1 aromatic carbocycles. The summed E-state index contributed by atoms with van der Waals surface area (Å²) in [5, 5.41) is 11.3. The van der Waals surface area contributed by atoms with Crippen molar-refractivity contribution in [2.45, 2.75) is 0 Å². The monoisotopic (exact) mass is 431 g/mol. The highest BCUT2D eigenvalue weighted by atomic mass is 16.6. The summed E-state index contributed by atoms with van der Waals surface area (Å²) < 4.78 is 0. The van der Waals surface area contributed by atoms with Crippen LogP contribution in [0.1, 0.15) is 22.8 Å². The lowest BCUT2D eigenvalue weighted by molar-refractivity contribution is -0.384. The zero-order valence-corrected chi connectivity index (χ0v) is 17.3. The van der Waals surface area contributed by atoms with Crippen LogP contribution in [0.2, 0.25) is 0 Å². The van der Waals surface area contributed by atoms with E-state index in [-0.39, 0.29) is 10.6 Å². The van der Waals surface area contributed by atoms with E-state index in [2.05, 4.69) is 15.0 Å². The lowest BCUT2D eigenvalue weighted by Crippen LogP contribution is -1.87. The molecule has 0 saturated carbocycles. The minimum absolute atomic E-state index is 0.0508. The topological polar surface area (TPSA) is 100 Å². The van der Waals surface area contributed by atoms with Crippen LogP contribution >= 0.6 is 0 Å². The molecule has 2 aliphatic heterocycles. The van der Waals surface area contributed by atoms with Crippen LogP contribution in [0.25, 0.3) is 57.5 Å². The summed E-state index contributed by atoms with van der Waals surface area (Å²) in [6, 6.07) is 20.5. The van der Waals surface area contributed by atoms with Gasteiger partial charge < -0.3 is 9.97 Å². The highest BCUT2D eigenvalue weighted by Crippen LogP contribution is 2.30. The van der Waals surface area contributed by atoms with E-state index in [1.54, 1.807) is 12.1 Å². The fourth-order valence-electron chi connectivity index (χ4n) is 4.04. The van der Waals surface area contributed by atoms with Gasteiger partial charge in [0.1, 0.15) is 0 Å². The van der Waals surface area contributed by atoms with Gasteiger partial charge in [0.25, 0.3) is 5.69 Å². The van der Waals surface area contributed by atoms with Crippen LogP contribution in [0.15, 0.2) is 66.7 Å². The van der Waals surface area contributed by atoms with Crippen LogP contribution in [-0.4, -0.2) is 24.9 Å². The summed E-state index contributed by atoms with van der Waals surface area (Å²) in [6.45, 7) is 0. The number of aromatic amines is 2. The van der Waals surface area contributed by atoms with Crippen LogP contribution in [0, 0.1) is 10.1 Å². The number of hydrogen-bond acceptors (Lipinski definition) is 4. The van der Waals surface area contributed by atoms with Gasteiger partial charge in [-0.1, -0.05) is 12.1 Å². The summed E-state index contributed by atoms with van der Waals surface area (Å²) in [5.74, 6) is 0. The Labute approximate surface area is 188 Å². The van der Waals surface area contributed by atoms with E-state index >= 15 is 0 Å². The fraction of sp³-hybridized carbons (Fsp3) is 0. The van der Waals surface area contributed by atoms with Crippen molar-refractivity contribution in [3.05, 3.63) is 99.6 Å². The smallest absolute Gasteiger partial charge is 0.270 e. The van der Waals surface area contributed by atoms with Crippen molar-refractivity contribution in [1.82, 2.24) is 19.9 Å². The highest BCUT2D eigenvalue weighted by molar-refractivity contribution is 5.88. The number of nitrogens with one attached hydrogen (secondary N) is 2. The van der Waals surface area contributed by atoms with Crippen molar-refractivity contribution in [2.24, 2.45) is 0 Å². The van der Waals surface area contributed by atoms with E-state index in [9.17, 15) is 10.1 Å². The first-order valence-electron chi connectivity index (χ1n) is 10.4. The molecule has 7 nitrogen and oxygen atoms in total. The Morgan fingerprint density at radius 1 is 0.667 bits per heavy atom. The molecule has 4 aromatic rings. The SMILES string of the molecule is O=[N+]([O-])c1cccc(-c2cc3cc4nc(cc5ccc(cc6nc(cc2[nH]3)C=C6)[nH]5)C=C4)c1. The van der Waals surface area contributed by atoms with Gasteiger partial charge in [-0.15, -0.1) is 0 Å². The average molecular weight is 431 g/mol. The third-order valence-electron chi connectivity index (χ3n) is 5.54. The Bertz CT molecular complexity index is 1660. The predicted octanol–water partition coefficient (Wildman–Crippen LogP) is 6.23. The predicted molar refractivity (Wildman–Crippen MR) is 131 cm³/mol. The highest BCUT2D eigenvalue weighted by Gasteiger charge is 2.11. The lowest BCUT2D eigenvalue weighted by atomic mass is 10.1. The zero-order chi connectivity index (χ0) is 22.4. The Morgan fingerprint density at radius 3 is 1.91 bits per heavy atom. The van der Waals surface area contributed by atoms with Crippen molar-refractivity contribution in [3.8, 4) is 11.1 Å². The molecule has 2 aliphatic rings. The molecule has 2 N–H and O–H groups in total. The van der Waals surface area contributed by atoms with Gasteiger partial charge in [0.2, 0.25) is 0 Å². The van der Waals surface area contributed by atoms with Crippen LogP contribution in [-0.2, 0) is 0 Å². The maximum absolute atomic E-state index is 11.3.